The molecule has 1 N–H and O–H groups in total. The average Bonchev–Trinajstić information content (AvgIpc) is 3.51. The van der Waals surface area contributed by atoms with Crippen molar-refractivity contribution in [3.05, 3.63) is 58.7 Å². The van der Waals surface area contributed by atoms with Crippen molar-refractivity contribution in [2.75, 3.05) is 20.3 Å². The molecule has 2 aromatic carbocycles. The van der Waals surface area contributed by atoms with E-state index in [1.165, 1.54) is 17.6 Å². The number of imide groups is 1. The van der Waals surface area contributed by atoms with Crippen molar-refractivity contribution in [2.45, 2.75) is 76.9 Å². The van der Waals surface area contributed by atoms with Crippen LogP contribution in [0.15, 0.2) is 53.1 Å². The highest BCUT2D eigenvalue weighted by atomic mass is 16.5. The van der Waals surface area contributed by atoms with Crippen LogP contribution >= 0.6 is 0 Å². The summed E-state index contributed by atoms with van der Waals surface area (Å²) in [4.78, 5) is 29.0. The fourth-order valence-electron chi connectivity index (χ4n) is 7.82. The van der Waals surface area contributed by atoms with Gasteiger partial charge in [-0.1, -0.05) is 68.2 Å². The minimum absolute atomic E-state index is 0.0333. The molecule has 2 aromatic rings. The van der Waals surface area contributed by atoms with Gasteiger partial charge >= 0.3 is 0 Å². The Labute approximate surface area is 237 Å². The van der Waals surface area contributed by atoms with Crippen LogP contribution in [0.3, 0.4) is 0 Å². The molecule has 4 atom stereocenters. The van der Waals surface area contributed by atoms with E-state index >= 15 is 0 Å². The molecule has 1 saturated carbocycles. The maximum absolute atomic E-state index is 13.8. The monoisotopic (exact) mass is 543 g/mol. The zero-order valence-corrected chi connectivity index (χ0v) is 23.7. The highest BCUT2D eigenvalue weighted by molar-refractivity contribution is 6.06. The van der Waals surface area contributed by atoms with Crippen LogP contribution in [0, 0.1) is 17.8 Å². The van der Waals surface area contributed by atoms with Crippen LogP contribution in [-0.2, 0) is 19.1 Å². The second-order valence-electron chi connectivity index (χ2n) is 12.0. The lowest BCUT2D eigenvalue weighted by Gasteiger charge is -2.31. The molecule has 0 unspecified atom stereocenters. The number of methoxy groups -OCH3 is 1. The predicted octanol–water partition coefficient (Wildman–Crippen LogP) is 6.41. The molecule has 0 bridgehead atoms. The fraction of sp³-hybridized carbons (Fsp3) is 0.529. The van der Waals surface area contributed by atoms with Gasteiger partial charge in [-0.15, -0.1) is 0 Å². The van der Waals surface area contributed by atoms with Crippen molar-refractivity contribution >= 4 is 28.7 Å². The zero-order chi connectivity index (χ0) is 27.8. The van der Waals surface area contributed by atoms with Gasteiger partial charge in [0.2, 0.25) is 11.8 Å². The number of aromatic hydroxyl groups is 1. The molecule has 0 radical (unpaired) electrons. The molecule has 2 aliphatic heterocycles. The van der Waals surface area contributed by atoms with Gasteiger partial charge in [0.15, 0.2) is 0 Å². The first-order chi connectivity index (χ1) is 19.5. The third-order valence-corrected chi connectivity index (χ3v) is 9.78. The average molecular weight is 544 g/mol. The van der Waals surface area contributed by atoms with E-state index in [0.29, 0.717) is 25.4 Å². The molecule has 2 saturated heterocycles. The van der Waals surface area contributed by atoms with Gasteiger partial charge in [0.25, 0.3) is 0 Å². The quantitative estimate of drug-likeness (QED) is 0.307. The number of carbonyl (C=O) groups is 2. The van der Waals surface area contributed by atoms with Crippen molar-refractivity contribution in [1.29, 1.82) is 0 Å². The van der Waals surface area contributed by atoms with Gasteiger partial charge in [0, 0.05) is 24.5 Å². The zero-order valence-electron chi connectivity index (χ0n) is 23.7. The standard InChI is InChI=1S/C34H41NO5/c1-3-21(17-22-14-15-29(36)26-12-8-7-11-25(22)26)13-16-30-31-23(19-39-2)18-27-32(28(31)20-40-30)34(38)35(33(27)37)24-9-5-4-6-10-24/h7-8,11-12,14-15,17,24,27-28,30,32,36H,3-6,9-10,13,16,18-20H2,1-2H3/b21-17+/t27-,28+,30-,32-/m1/s1. The summed E-state index contributed by atoms with van der Waals surface area (Å²) in [7, 11) is 1.70. The highest BCUT2D eigenvalue weighted by Gasteiger charge is 2.58. The number of benzene rings is 2. The van der Waals surface area contributed by atoms with Gasteiger partial charge in [-0.25, -0.2) is 0 Å². The Morgan fingerprint density at radius 1 is 1.05 bits per heavy atom. The Hall–Kier alpha value is -2.96. The lowest BCUT2D eigenvalue weighted by molar-refractivity contribution is -0.143. The number of phenolic OH excluding ortho intramolecular Hbond substituents is 1. The first kappa shape index (κ1) is 27.2. The summed E-state index contributed by atoms with van der Waals surface area (Å²) in [5.41, 5.74) is 4.81. The molecule has 6 rings (SSSR count). The fourth-order valence-corrected chi connectivity index (χ4v) is 7.82. The van der Waals surface area contributed by atoms with Crippen LogP contribution in [0.1, 0.15) is 70.3 Å². The van der Waals surface area contributed by atoms with Crippen molar-refractivity contribution < 1.29 is 24.2 Å². The number of ether oxygens (including phenoxy) is 2. The Morgan fingerprint density at radius 3 is 2.58 bits per heavy atom. The molecule has 0 spiro atoms. The maximum atomic E-state index is 13.8. The molecule has 0 aromatic heterocycles. The Kier molecular flexibility index (Phi) is 7.82. The second-order valence-corrected chi connectivity index (χ2v) is 12.0. The largest absolute Gasteiger partial charge is 0.507 e. The van der Waals surface area contributed by atoms with E-state index in [1.54, 1.807) is 18.1 Å². The van der Waals surface area contributed by atoms with Gasteiger partial charge < -0.3 is 14.6 Å². The number of hydrogen-bond acceptors (Lipinski definition) is 5. The summed E-state index contributed by atoms with van der Waals surface area (Å²) < 4.78 is 12.0. The second kappa shape index (κ2) is 11.5. The molecule has 40 heavy (non-hydrogen) atoms. The SMILES string of the molecule is CC/C(=C\c1ccc(O)c2ccccc12)CC[C@H]1OC[C@H]2C1=C(COC)C[C@H]1C(=O)N(C3CCCCC3)C(=O)[C@H]12. The molecular weight excluding hydrogens is 502 g/mol. The number of nitrogens with zero attached hydrogens (tertiary/aromatic N) is 1. The van der Waals surface area contributed by atoms with Crippen molar-refractivity contribution in [3.63, 3.8) is 0 Å². The van der Waals surface area contributed by atoms with Crippen LogP contribution in [0.2, 0.25) is 0 Å². The van der Waals surface area contributed by atoms with Crippen molar-refractivity contribution in [2.24, 2.45) is 17.8 Å². The Bertz CT molecular complexity index is 1350. The molecular formula is C34H41NO5. The van der Waals surface area contributed by atoms with Crippen molar-refractivity contribution in [1.82, 2.24) is 4.90 Å². The van der Waals surface area contributed by atoms with Gasteiger partial charge in [0.05, 0.1) is 31.2 Å². The normalized spacial score (nSPS) is 27.6. The molecule has 4 aliphatic rings. The van der Waals surface area contributed by atoms with Gasteiger partial charge in [-0.2, -0.15) is 0 Å². The summed E-state index contributed by atoms with van der Waals surface area (Å²) in [6.45, 7) is 3.16. The first-order valence-corrected chi connectivity index (χ1v) is 15.1. The van der Waals surface area contributed by atoms with E-state index < -0.39 is 0 Å². The van der Waals surface area contributed by atoms with E-state index in [9.17, 15) is 14.7 Å². The van der Waals surface area contributed by atoms with E-state index in [-0.39, 0.29) is 41.7 Å². The molecule has 2 amide bonds. The Balaban J connectivity index is 1.23. The smallest absolute Gasteiger partial charge is 0.234 e. The number of carbonyl (C=O) groups excluding carboxylic acids is 2. The van der Waals surface area contributed by atoms with Crippen LogP contribution in [0.25, 0.3) is 16.8 Å². The van der Waals surface area contributed by atoms with Crippen molar-refractivity contribution in [3.8, 4) is 5.75 Å². The summed E-state index contributed by atoms with van der Waals surface area (Å²) in [6.07, 6.45) is 10.7. The number of amides is 2. The predicted molar refractivity (Wildman–Crippen MR) is 156 cm³/mol. The number of phenols is 1. The van der Waals surface area contributed by atoms with E-state index in [1.807, 2.05) is 24.3 Å². The topological polar surface area (TPSA) is 76.1 Å². The highest BCUT2D eigenvalue weighted by Crippen LogP contribution is 2.51. The molecule has 2 aliphatic carbocycles. The lowest BCUT2D eigenvalue weighted by atomic mass is 9.69. The molecule has 212 valence electrons. The summed E-state index contributed by atoms with van der Waals surface area (Å²) in [5.74, 6) is -0.224. The van der Waals surface area contributed by atoms with Crippen LogP contribution in [0.5, 0.6) is 5.75 Å². The number of hydrogen-bond donors (Lipinski definition) is 1. The molecule has 2 heterocycles. The summed E-state index contributed by atoms with van der Waals surface area (Å²) in [6, 6.07) is 11.8. The summed E-state index contributed by atoms with van der Waals surface area (Å²) >= 11 is 0. The third-order valence-electron chi connectivity index (χ3n) is 9.78. The van der Waals surface area contributed by atoms with Crippen LogP contribution < -0.4 is 0 Å². The number of likely N-dealkylation sites (tertiary alicyclic amines) is 1. The van der Waals surface area contributed by atoms with Crippen LogP contribution in [-0.4, -0.2) is 54.3 Å². The minimum atomic E-state index is -0.292. The van der Waals surface area contributed by atoms with Gasteiger partial charge in [-0.3, -0.25) is 14.5 Å². The lowest BCUT2D eigenvalue weighted by Crippen LogP contribution is -2.42. The van der Waals surface area contributed by atoms with Crippen LogP contribution in [0.4, 0.5) is 0 Å². The Morgan fingerprint density at radius 2 is 1.82 bits per heavy atom. The number of fused-ring (bicyclic) bond motifs is 4. The van der Waals surface area contributed by atoms with Gasteiger partial charge in [0.1, 0.15) is 5.75 Å². The van der Waals surface area contributed by atoms with E-state index in [4.69, 9.17) is 9.47 Å². The first-order valence-electron chi connectivity index (χ1n) is 15.1. The van der Waals surface area contributed by atoms with E-state index in [0.717, 1.165) is 66.9 Å². The molecule has 6 heteroatoms. The van der Waals surface area contributed by atoms with Gasteiger partial charge in [-0.05, 0) is 66.7 Å². The summed E-state index contributed by atoms with van der Waals surface area (Å²) in [5, 5.41) is 12.2. The third kappa shape index (κ3) is 4.79. The number of rotatable bonds is 8. The van der Waals surface area contributed by atoms with E-state index in [2.05, 4.69) is 19.1 Å². The molecule has 6 nitrogen and oxygen atoms in total. The maximum Gasteiger partial charge on any atom is 0.234 e. The minimum Gasteiger partial charge on any atom is -0.507 e. The number of allylic oxidation sites excluding steroid dienone is 1. The molecule has 3 fully saturated rings.